The molecular weight excluding hydrogens is 292 g/mol. The zero-order chi connectivity index (χ0) is 15.2. The third-order valence-corrected chi connectivity index (χ3v) is 3.83. The average molecular weight is 311 g/mol. The van der Waals surface area contributed by atoms with Crippen molar-refractivity contribution in [2.24, 2.45) is 5.73 Å². The molecular formula is C14H19ClN4O2. The van der Waals surface area contributed by atoms with Gasteiger partial charge in [0.1, 0.15) is 6.04 Å². The highest BCUT2D eigenvalue weighted by molar-refractivity contribution is 6.31. The van der Waals surface area contributed by atoms with E-state index in [0.717, 1.165) is 12.1 Å². The number of hydrogen-bond donors (Lipinski definition) is 3. The number of halogens is 1. The fraction of sp³-hybridized carbons (Fsp3) is 0.429. The van der Waals surface area contributed by atoms with Crippen molar-refractivity contribution in [2.45, 2.75) is 12.6 Å². The molecule has 1 saturated heterocycles. The van der Waals surface area contributed by atoms with Crippen molar-refractivity contribution in [2.75, 3.05) is 26.2 Å². The van der Waals surface area contributed by atoms with E-state index in [9.17, 15) is 9.59 Å². The first-order valence-electron chi connectivity index (χ1n) is 6.82. The Balaban J connectivity index is 1.86. The molecule has 0 bridgehead atoms. The van der Waals surface area contributed by atoms with E-state index in [-0.39, 0.29) is 12.5 Å². The van der Waals surface area contributed by atoms with Gasteiger partial charge >= 0.3 is 0 Å². The first-order valence-corrected chi connectivity index (χ1v) is 7.20. The first kappa shape index (κ1) is 15.8. The summed E-state index contributed by atoms with van der Waals surface area (Å²) in [4.78, 5) is 25.1. The fourth-order valence-electron chi connectivity index (χ4n) is 2.29. The molecule has 1 unspecified atom stereocenters. The Hall–Kier alpha value is -1.63. The smallest absolute Gasteiger partial charge is 0.236 e. The van der Waals surface area contributed by atoms with Crippen molar-refractivity contribution in [3.63, 3.8) is 0 Å². The van der Waals surface area contributed by atoms with Gasteiger partial charge in [-0.2, -0.15) is 0 Å². The van der Waals surface area contributed by atoms with Crippen LogP contribution in [0.3, 0.4) is 0 Å². The molecule has 1 atom stereocenters. The Morgan fingerprint density at radius 3 is 2.90 bits per heavy atom. The minimum Gasteiger partial charge on any atom is -0.368 e. The third kappa shape index (κ3) is 4.42. The summed E-state index contributed by atoms with van der Waals surface area (Å²) in [6, 6.07) is 6.91. The van der Waals surface area contributed by atoms with Crippen LogP contribution in [-0.2, 0) is 16.1 Å². The molecule has 0 aliphatic carbocycles. The highest BCUT2D eigenvalue weighted by Crippen LogP contribution is 2.14. The monoisotopic (exact) mass is 310 g/mol. The van der Waals surface area contributed by atoms with Crippen molar-refractivity contribution in [1.29, 1.82) is 0 Å². The molecule has 0 aromatic heterocycles. The first-order chi connectivity index (χ1) is 10.1. The van der Waals surface area contributed by atoms with Gasteiger partial charge < -0.3 is 16.4 Å². The lowest BCUT2D eigenvalue weighted by atomic mass is 10.2. The number of benzene rings is 1. The SMILES string of the molecule is NC(=O)C1CNCCN1CC(=O)NCc1ccccc1Cl. The molecule has 7 heteroatoms. The zero-order valence-corrected chi connectivity index (χ0v) is 12.4. The number of amides is 2. The minimum atomic E-state index is -0.440. The number of hydrogen-bond acceptors (Lipinski definition) is 4. The molecule has 114 valence electrons. The quantitative estimate of drug-likeness (QED) is 0.698. The predicted molar refractivity (Wildman–Crippen MR) is 80.7 cm³/mol. The molecule has 0 saturated carbocycles. The number of primary amides is 1. The summed E-state index contributed by atoms with van der Waals surface area (Å²) in [6.45, 7) is 2.35. The summed E-state index contributed by atoms with van der Waals surface area (Å²) in [5.41, 5.74) is 6.21. The third-order valence-electron chi connectivity index (χ3n) is 3.46. The number of piperazine rings is 1. The van der Waals surface area contributed by atoms with Gasteiger partial charge in [0, 0.05) is 31.2 Å². The van der Waals surface area contributed by atoms with E-state index in [1.165, 1.54) is 0 Å². The lowest BCUT2D eigenvalue weighted by Gasteiger charge is -2.33. The van der Waals surface area contributed by atoms with Crippen LogP contribution in [0.25, 0.3) is 0 Å². The van der Waals surface area contributed by atoms with Crippen LogP contribution in [0.5, 0.6) is 0 Å². The van der Waals surface area contributed by atoms with E-state index in [1.54, 1.807) is 11.0 Å². The molecule has 4 N–H and O–H groups in total. The maximum atomic E-state index is 12.0. The van der Waals surface area contributed by atoms with Gasteiger partial charge in [-0.15, -0.1) is 0 Å². The summed E-state index contributed by atoms with van der Waals surface area (Å²) in [6.07, 6.45) is 0. The second-order valence-corrected chi connectivity index (χ2v) is 5.37. The molecule has 1 aromatic carbocycles. The molecule has 2 amide bonds. The Labute approximate surface area is 128 Å². The highest BCUT2D eigenvalue weighted by atomic mass is 35.5. The summed E-state index contributed by atoms with van der Waals surface area (Å²) in [7, 11) is 0. The molecule has 1 aliphatic heterocycles. The van der Waals surface area contributed by atoms with Crippen LogP contribution in [0.2, 0.25) is 5.02 Å². The number of nitrogens with one attached hydrogen (secondary N) is 2. The Morgan fingerprint density at radius 2 is 2.19 bits per heavy atom. The molecule has 1 heterocycles. The van der Waals surface area contributed by atoms with Crippen LogP contribution in [0, 0.1) is 0 Å². The molecule has 0 radical (unpaired) electrons. The maximum Gasteiger partial charge on any atom is 0.236 e. The average Bonchev–Trinajstić information content (AvgIpc) is 2.47. The van der Waals surface area contributed by atoms with E-state index < -0.39 is 11.9 Å². The van der Waals surface area contributed by atoms with E-state index in [2.05, 4.69) is 10.6 Å². The molecule has 1 aliphatic rings. The normalized spacial score (nSPS) is 19.2. The lowest BCUT2D eigenvalue weighted by molar-refractivity contribution is -0.127. The van der Waals surface area contributed by atoms with E-state index in [1.807, 2.05) is 18.2 Å². The van der Waals surface area contributed by atoms with Crippen molar-refractivity contribution in [1.82, 2.24) is 15.5 Å². The van der Waals surface area contributed by atoms with Crippen LogP contribution in [0.4, 0.5) is 0 Å². The van der Waals surface area contributed by atoms with E-state index in [4.69, 9.17) is 17.3 Å². The van der Waals surface area contributed by atoms with Gasteiger partial charge in [0.05, 0.1) is 6.54 Å². The highest BCUT2D eigenvalue weighted by Gasteiger charge is 2.27. The number of carbonyl (C=O) groups excluding carboxylic acids is 2. The Bertz CT molecular complexity index is 523. The maximum absolute atomic E-state index is 12.0. The molecule has 2 rings (SSSR count). The number of carbonyl (C=O) groups is 2. The van der Waals surface area contributed by atoms with Gasteiger partial charge in [-0.05, 0) is 11.6 Å². The largest absolute Gasteiger partial charge is 0.368 e. The van der Waals surface area contributed by atoms with Crippen LogP contribution < -0.4 is 16.4 Å². The van der Waals surface area contributed by atoms with Crippen LogP contribution in [0.1, 0.15) is 5.56 Å². The summed E-state index contributed by atoms with van der Waals surface area (Å²) >= 11 is 6.03. The van der Waals surface area contributed by atoms with Gasteiger partial charge in [-0.1, -0.05) is 29.8 Å². The van der Waals surface area contributed by atoms with Crippen molar-refractivity contribution in [3.8, 4) is 0 Å². The van der Waals surface area contributed by atoms with Gasteiger partial charge in [0.2, 0.25) is 11.8 Å². The fourth-order valence-corrected chi connectivity index (χ4v) is 2.49. The number of nitrogens with two attached hydrogens (primary N) is 1. The molecule has 0 spiro atoms. The molecule has 1 fully saturated rings. The summed E-state index contributed by atoms with van der Waals surface area (Å²) in [5, 5.41) is 6.52. The van der Waals surface area contributed by atoms with E-state index >= 15 is 0 Å². The zero-order valence-electron chi connectivity index (χ0n) is 11.6. The van der Waals surface area contributed by atoms with Crippen molar-refractivity contribution < 1.29 is 9.59 Å². The van der Waals surface area contributed by atoms with E-state index in [0.29, 0.717) is 24.7 Å². The second-order valence-electron chi connectivity index (χ2n) is 4.96. The predicted octanol–water partition coefficient (Wildman–Crippen LogP) is -0.285. The van der Waals surface area contributed by atoms with Gasteiger partial charge in [-0.25, -0.2) is 0 Å². The summed E-state index contributed by atoms with van der Waals surface area (Å²) in [5.74, 6) is -0.566. The van der Waals surface area contributed by atoms with Gasteiger partial charge in [0.25, 0.3) is 0 Å². The standard InChI is InChI=1S/C14H19ClN4O2/c15-11-4-2-1-3-10(11)7-18-13(20)9-19-6-5-17-8-12(19)14(16)21/h1-4,12,17H,5-9H2,(H2,16,21)(H,18,20). The van der Waals surface area contributed by atoms with Crippen LogP contribution in [0.15, 0.2) is 24.3 Å². The van der Waals surface area contributed by atoms with Crippen molar-refractivity contribution in [3.05, 3.63) is 34.9 Å². The molecule has 21 heavy (non-hydrogen) atoms. The van der Waals surface area contributed by atoms with Gasteiger partial charge in [0.15, 0.2) is 0 Å². The minimum absolute atomic E-state index is 0.150. The second kappa shape index (κ2) is 7.40. The Kier molecular flexibility index (Phi) is 5.55. The number of rotatable bonds is 5. The topological polar surface area (TPSA) is 87.5 Å². The lowest BCUT2D eigenvalue weighted by Crippen LogP contribution is -2.58. The Morgan fingerprint density at radius 1 is 1.43 bits per heavy atom. The molecule has 6 nitrogen and oxygen atoms in total. The number of nitrogens with zero attached hydrogens (tertiary/aromatic N) is 1. The molecule has 1 aromatic rings. The van der Waals surface area contributed by atoms with Gasteiger partial charge in [-0.3, -0.25) is 14.5 Å². The summed E-state index contributed by atoms with van der Waals surface area (Å²) < 4.78 is 0. The van der Waals surface area contributed by atoms with Crippen molar-refractivity contribution >= 4 is 23.4 Å². The van der Waals surface area contributed by atoms with Crippen LogP contribution >= 0.6 is 11.6 Å². The van der Waals surface area contributed by atoms with Crippen LogP contribution in [-0.4, -0.2) is 48.9 Å².